The van der Waals surface area contributed by atoms with Crippen molar-refractivity contribution < 1.29 is 4.74 Å². The summed E-state index contributed by atoms with van der Waals surface area (Å²) in [5.74, 6) is 2.19. The summed E-state index contributed by atoms with van der Waals surface area (Å²) in [7, 11) is 1.91. The number of rotatable bonds is 10. The van der Waals surface area contributed by atoms with Crippen LogP contribution in [0.25, 0.3) is 0 Å². The molecule has 3 N–H and O–H groups in total. The molecule has 0 atom stereocenters. The number of aromatic nitrogens is 2. The molecule has 1 saturated heterocycles. The maximum atomic E-state index is 5.88. The number of nitrogens with zero attached hydrogens (tertiary/aromatic N) is 3. The first kappa shape index (κ1) is 22.4. The molecule has 0 aliphatic carbocycles. The van der Waals surface area contributed by atoms with E-state index in [-0.39, 0.29) is 0 Å². The molecule has 1 aliphatic heterocycles. The lowest BCUT2D eigenvalue weighted by molar-refractivity contribution is 0.238. The van der Waals surface area contributed by atoms with Gasteiger partial charge in [0.2, 0.25) is 5.95 Å². The van der Waals surface area contributed by atoms with Crippen LogP contribution in [0.1, 0.15) is 18.4 Å². The Morgan fingerprint density at radius 2 is 1.84 bits per heavy atom. The quantitative estimate of drug-likeness (QED) is 0.374. The lowest BCUT2D eigenvalue weighted by atomic mass is 10.3. The van der Waals surface area contributed by atoms with E-state index in [1.165, 1.54) is 25.9 Å². The largest absolute Gasteiger partial charge is 0.492 e. The summed E-state index contributed by atoms with van der Waals surface area (Å²) in [6, 6.07) is 16.1. The van der Waals surface area contributed by atoms with Gasteiger partial charge in [-0.1, -0.05) is 6.07 Å². The maximum Gasteiger partial charge on any atom is 0.229 e. The van der Waals surface area contributed by atoms with E-state index in [0.717, 1.165) is 46.6 Å². The molecule has 2 heterocycles. The molecule has 4 rings (SSSR count). The van der Waals surface area contributed by atoms with Crippen molar-refractivity contribution in [2.24, 2.45) is 0 Å². The molecule has 0 radical (unpaired) electrons. The van der Waals surface area contributed by atoms with Gasteiger partial charge < -0.3 is 15.4 Å². The smallest absolute Gasteiger partial charge is 0.229 e. The van der Waals surface area contributed by atoms with E-state index in [9.17, 15) is 0 Å². The summed E-state index contributed by atoms with van der Waals surface area (Å²) < 4.78 is 8.98. The minimum absolute atomic E-state index is 0.543. The summed E-state index contributed by atoms with van der Waals surface area (Å²) in [6.45, 7) is 6.09. The zero-order valence-corrected chi connectivity index (χ0v) is 19.4. The Morgan fingerprint density at radius 3 is 2.62 bits per heavy atom. The zero-order valence-electron chi connectivity index (χ0n) is 18.6. The van der Waals surface area contributed by atoms with Gasteiger partial charge >= 0.3 is 0 Å². The first-order valence-corrected chi connectivity index (χ1v) is 11.8. The minimum Gasteiger partial charge on any atom is -0.492 e. The van der Waals surface area contributed by atoms with Crippen LogP contribution in [0.15, 0.2) is 59.6 Å². The van der Waals surface area contributed by atoms with Crippen LogP contribution in [0, 0.1) is 6.92 Å². The molecule has 2 aromatic carbocycles. The Bertz CT molecular complexity index is 1010. The normalized spacial score (nSPS) is 13.8. The number of likely N-dealkylation sites (tertiary alicyclic amines) is 1. The highest BCUT2D eigenvalue weighted by atomic mass is 32.2. The van der Waals surface area contributed by atoms with Crippen LogP contribution in [0.2, 0.25) is 0 Å². The van der Waals surface area contributed by atoms with E-state index in [4.69, 9.17) is 4.74 Å². The number of aryl methyl sites for hydroxylation is 1. The van der Waals surface area contributed by atoms with Crippen LogP contribution in [0.3, 0.4) is 0 Å². The fourth-order valence-corrected chi connectivity index (χ4v) is 4.15. The van der Waals surface area contributed by atoms with Gasteiger partial charge in [-0.3, -0.25) is 9.62 Å². The topological polar surface area (TPSA) is 74.3 Å². The van der Waals surface area contributed by atoms with Crippen molar-refractivity contribution >= 4 is 35.1 Å². The lowest BCUT2D eigenvalue weighted by Gasteiger charge is -2.15. The number of hydrogen-bond acceptors (Lipinski definition) is 8. The van der Waals surface area contributed by atoms with Gasteiger partial charge in [0.05, 0.1) is 0 Å². The molecule has 1 aliphatic rings. The van der Waals surface area contributed by atoms with Gasteiger partial charge in [-0.2, -0.15) is 4.98 Å². The fraction of sp³-hybridized carbons (Fsp3) is 0.333. The van der Waals surface area contributed by atoms with Crippen molar-refractivity contribution in [1.29, 1.82) is 0 Å². The molecular weight excluding hydrogens is 420 g/mol. The van der Waals surface area contributed by atoms with Crippen LogP contribution in [-0.4, -0.2) is 48.2 Å². The van der Waals surface area contributed by atoms with Crippen LogP contribution in [-0.2, 0) is 0 Å². The first-order valence-electron chi connectivity index (χ1n) is 11.0. The summed E-state index contributed by atoms with van der Waals surface area (Å²) >= 11 is 1.57. The van der Waals surface area contributed by atoms with Crippen molar-refractivity contribution in [1.82, 2.24) is 19.6 Å². The fourth-order valence-electron chi connectivity index (χ4n) is 3.58. The molecule has 0 bridgehead atoms. The Hall–Kier alpha value is -2.81. The average molecular weight is 451 g/mol. The molecule has 0 spiro atoms. The molecular formula is C24H30N6OS. The highest BCUT2D eigenvalue weighted by Crippen LogP contribution is 2.24. The lowest BCUT2D eigenvalue weighted by Crippen LogP contribution is -2.25. The van der Waals surface area contributed by atoms with Gasteiger partial charge in [0, 0.05) is 34.6 Å². The van der Waals surface area contributed by atoms with Crippen molar-refractivity contribution in [2.45, 2.75) is 24.7 Å². The highest BCUT2D eigenvalue weighted by Gasteiger charge is 2.11. The van der Waals surface area contributed by atoms with Gasteiger partial charge in [-0.05, 0) is 94.3 Å². The second kappa shape index (κ2) is 11.2. The van der Waals surface area contributed by atoms with Crippen molar-refractivity contribution in [2.75, 3.05) is 43.9 Å². The van der Waals surface area contributed by atoms with Crippen LogP contribution >= 0.6 is 11.9 Å². The van der Waals surface area contributed by atoms with Gasteiger partial charge in [0.15, 0.2) is 0 Å². The Labute approximate surface area is 194 Å². The van der Waals surface area contributed by atoms with Gasteiger partial charge in [-0.25, -0.2) is 4.98 Å². The molecule has 0 saturated carbocycles. The molecule has 1 aromatic heterocycles. The Balaban J connectivity index is 1.35. The van der Waals surface area contributed by atoms with Crippen molar-refractivity contribution in [3.05, 3.63) is 60.3 Å². The SMILES string of the molecule is CNSc1cccc(Nc2nc(Nc3ccc(OCCN4CCCC4)cc3)ncc2C)c1. The van der Waals surface area contributed by atoms with Crippen molar-refractivity contribution in [3.63, 3.8) is 0 Å². The molecule has 0 unspecified atom stereocenters. The Kier molecular flexibility index (Phi) is 7.82. The molecule has 32 heavy (non-hydrogen) atoms. The summed E-state index contributed by atoms with van der Waals surface area (Å²) in [4.78, 5) is 12.7. The second-order valence-electron chi connectivity index (χ2n) is 7.73. The third kappa shape index (κ3) is 6.35. The van der Waals surface area contributed by atoms with Gasteiger partial charge in [0.1, 0.15) is 18.2 Å². The average Bonchev–Trinajstić information content (AvgIpc) is 3.31. The number of nitrogens with one attached hydrogen (secondary N) is 3. The minimum atomic E-state index is 0.543. The number of hydrogen-bond donors (Lipinski definition) is 3. The van der Waals surface area contributed by atoms with Gasteiger partial charge in [0.25, 0.3) is 0 Å². The molecule has 3 aromatic rings. The predicted octanol–water partition coefficient (Wildman–Crippen LogP) is 4.97. The van der Waals surface area contributed by atoms with Crippen LogP contribution in [0.4, 0.5) is 23.1 Å². The molecule has 1 fully saturated rings. The Morgan fingerprint density at radius 1 is 1.03 bits per heavy atom. The first-order chi connectivity index (χ1) is 15.7. The van der Waals surface area contributed by atoms with E-state index in [2.05, 4.69) is 42.4 Å². The monoisotopic (exact) mass is 450 g/mol. The highest BCUT2D eigenvalue weighted by molar-refractivity contribution is 7.97. The molecule has 7 nitrogen and oxygen atoms in total. The third-order valence-electron chi connectivity index (χ3n) is 5.27. The van der Waals surface area contributed by atoms with E-state index in [1.54, 1.807) is 11.9 Å². The summed E-state index contributed by atoms with van der Waals surface area (Å²) in [6.07, 6.45) is 4.43. The van der Waals surface area contributed by atoms with E-state index < -0.39 is 0 Å². The van der Waals surface area contributed by atoms with Crippen LogP contribution in [0.5, 0.6) is 5.75 Å². The second-order valence-corrected chi connectivity index (χ2v) is 8.81. The van der Waals surface area contributed by atoms with E-state index >= 15 is 0 Å². The van der Waals surface area contributed by atoms with Crippen molar-refractivity contribution in [3.8, 4) is 5.75 Å². The predicted molar refractivity (Wildman–Crippen MR) is 132 cm³/mol. The molecule has 8 heteroatoms. The van der Waals surface area contributed by atoms with E-state index in [1.807, 2.05) is 56.6 Å². The molecule has 0 amide bonds. The number of benzene rings is 2. The maximum absolute atomic E-state index is 5.88. The van der Waals surface area contributed by atoms with Gasteiger partial charge in [-0.15, -0.1) is 0 Å². The third-order valence-corrected chi connectivity index (χ3v) is 5.97. The van der Waals surface area contributed by atoms with E-state index in [0.29, 0.717) is 5.95 Å². The van der Waals surface area contributed by atoms with Crippen LogP contribution < -0.4 is 20.1 Å². The standard InChI is InChI=1S/C24H30N6OS/c1-18-17-26-24(29-23(18)27-20-6-5-7-22(16-20)32-25-2)28-19-8-10-21(11-9-19)31-15-14-30-12-3-4-13-30/h5-11,16-17,25H,3-4,12-15H2,1-2H3,(H2,26,27,28,29). The molecule has 168 valence electrons. The number of ether oxygens (including phenoxy) is 1. The summed E-state index contributed by atoms with van der Waals surface area (Å²) in [5, 5.41) is 6.67. The summed E-state index contributed by atoms with van der Waals surface area (Å²) in [5.41, 5.74) is 2.87. The number of anilines is 4. The zero-order chi connectivity index (χ0) is 22.2.